The van der Waals surface area contributed by atoms with Gasteiger partial charge in [-0.3, -0.25) is 9.59 Å². The summed E-state index contributed by atoms with van der Waals surface area (Å²) in [5.74, 6) is -0.525. The SMILES string of the molecule is Cc1ccc(NC(=O)C2=N/C(=C(/c3ccccc3)c3ccc(C(=O)Nc4ccc(C)cc4)[nH]3)C=C2)cc1. The Balaban J connectivity index is 1.44. The minimum absolute atomic E-state index is 0.240. The van der Waals surface area contributed by atoms with Crippen molar-refractivity contribution in [2.75, 3.05) is 10.6 Å². The zero-order valence-corrected chi connectivity index (χ0v) is 20.6. The second-order valence-corrected chi connectivity index (χ2v) is 8.88. The molecule has 3 N–H and O–H groups in total. The van der Waals surface area contributed by atoms with Crippen molar-refractivity contribution < 1.29 is 9.59 Å². The lowest BCUT2D eigenvalue weighted by Gasteiger charge is -2.09. The van der Waals surface area contributed by atoms with E-state index in [0.717, 1.165) is 33.6 Å². The molecule has 0 saturated carbocycles. The molecule has 0 atom stereocenters. The highest BCUT2D eigenvalue weighted by Crippen LogP contribution is 2.30. The Bertz CT molecular complexity index is 1540. The van der Waals surface area contributed by atoms with Crippen LogP contribution in [-0.2, 0) is 4.79 Å². The maximum absolute atomic E-state index is 12.9. The van der Waals surface area contributed by atoms with Crippen LogP contribution in [-0.4, -0.2) is 22.5 Å². The lowest BCUT2D eigenvalue weighted by Crippen LogP contribution is -2.20. The molecular formula is C31H26N4O2. The summed E-state index contributed by atoms with van der Waals surface area (Å²) >= 11 is 0. The quantitative estimate of drug-likeness (QED) is 0.299. The molecule has 1 aliphatic heterocycles. The number of H-pyrrole nitrogens is 1. The normalized spacial score (nSPS) is 13.7. The van der Waals surface area contributed by atoms with Gasteiger partial charge in [-0.2, -0.15) is 0 Å². The molecule has 0 bridgehead atoms. The Morgan fingerprint density at radius 2 is 1.22 bits per heavy atom. The molecule has 0 saturated heterocycles. The number of aromatic amines is 1. The number of benzene rings is 3. The first-order valence-corrected chi connectivity index (χ1v) is 12.0. The second kappa shape index (κ2) is 10.3. The summed E-state index contributed by atoms with van der Waals surface area (Å²) in [6.07, 6.45) is 3.52. The van der Waals surface area contributed by atoms with Gasteiger partial charge in [0.1, 0.15) is 11.4 Å². The van der Waals surface area contributed by atoms with Crippen LogP contribution in [0.5, 0.6) is 0 Å². The lowest BCUT2D eigenvalue weighted by atomic mass is 10.0. The van der Waals surface area contributed by atoms with Gasteiger partial charge in [-0.15, -0.1) is 0 Å². The summed E-state index contributed by atoms with van der Waals surface area (Å²) in [6, 6.07) is 28.6. The molecule has 0 radical (unpaired) electrons. The maximum atomic E-state index is 12.9. The van der Waals surface area contributed by atoms with E-state index in [-0.39, 0.29) is 11.8 Å². The summed E-state index contributed by atoms with van der Waals surface area (Å²) in [4.78, 5) is 33.6. The molecule has 6 heteroatoms. The van der Waals surface area contributed by atoms with Crippen molar-refractivity contribution in [2.45, 2.75) is 13.8 Å². The van der Waals surface area contributed by atoms with Gasteiger partial charge in [0, 0.05) is 22.6 Å². The Labute approximate surface area is 215 Å². The lowest BCUT2D eigenvalue weighted by molar-refractivity contribution is -0.110. The number of carbonyl (C=O) groups excluding carboxylic acids is 2. The minimum Gasteiger partial charge on any atom is -0.350 e. The first kappa shape index (κ1) is 23.8. The van der Waals surface area contributed by atoms with Crippen LogP contribution < -0.4 is 10.6 Å². The van der Waals surface area contributed by atoms with Crippen LogP contribution in [0.3, 0.4) is 0 Å². The summed E-state index contributed by atoms with van der Waals surface area (Å²) in [7, 11) is 0. The van der Waals surface area contributed by atoms with Gasteiger partial charge >= 0.3 is 0 Å². The molecule has 37 heavy (non-hydrogen) atoms. The Morgan fingerprint density at radius 3 is 1.84 bits per heavy atom. The largest absolute Gasteiger partial charge is 0.350 e. The van der Waals surface area contributed by atoms with Gasteiger partial charge in [0.2, 0.25) is 0 Å². The number of carbonyl (C=O) groups is 2. The zero-order valence-electron chi connectivity index (χ0n) is 20.6. The van der Waals surface area contributed by atoms with E-state index >= 15 is 0 Å². The van der Waals surface area contributed by atoms with Crippen molar-refractivity contribution in [2.24, 2.45) is 4.99 Å². The number of amides is 2. The number of aliphatic imine (C=N–C) groups is 1. The van der Waals surface area contributed by atoms with Crippen LogP contribution in [0, 0.1) is 13.8 Å². The molecule has 0 fully saturated rings. The summed E-state index contributed by atoms with van der Waals surface area (Å²) in [5, 5.41) is 5.81. The van der Waals surface area contributed by atoms with Gasteiger partial charge in [0.15, 0.2) is 0 Å². The van der Waals surface area contributed by atoms with Crippen molar-refractivity contribution in [3.63, 3.8) is 0 Å². The third kappa shape index (κ3) is 5.49. The number of aromatic nitrogens is 1. The van der Waals surface area contributed by atoms with Crippen molar-refractivity contribution in [1.29, 1.82) is 0 Å². The number of aryl methyl sites for hydroxylation is 2. The number of nitrogens with zero attached hydrogens (tertiary/aromatic N) is 1. The number of allylic oxidation sites excluding steroid dienone is 1. The van der Waals surface area contributed by atoms with Crippen molar-refractivity contribution >= 4 is 34.5 Å². The maximum Gasteiger partial charge on any atom is 0.274 e. The summed E-state index contributed by atoms with van der Waals surface area (Å²) in [5.41, 5.74) is 7.48. The smallest absolute Gasteiger partial charge is 0.274 e. The molecule has 1 aliphatic rings. The Hall–Kier alpha value is -4.97. The highest BCUT2D eigenvalue weighted by atomic mass is 16.2. The van der Waals surface area contributed by atoms with E-state index in [1.165, 1.54) is 0 Å². The van der Waals surface area contributed by atoms with Crippen molar-refractivity contribution in [3.8, 4) is 0 Å². The van der Waals surface area contributed by atoms with Crippen molar-refractivity contribution in [1.82, 2.24) is 4.98 Å². The van der Waals surface area contributed by atoms with Gasteiger partial charge in [-0.1, -0.05) is 65.7 Å². The van der Waals surface area contributed by atoms with Crippen LogP contribution in [0.25, 0.3) is 5.57 Å². The molecule has 2 heterocycles. The van der Waals surface area contributed by atoms with E-state index in [0.29, 0.717) is 22.8 Å². The number of nitrogens with one attached hydrogen (secondary N) is 3. The van der Waals surface area contributed by atoms with E-state index in [9.17, 15) is 9.59 Å². The van der Waals surface area contributed by atoms with Crippen LogP contribution in [0.1, 0.15) is 32.9 Å². The summed E-state index contributed by atoms with van der Waals surface area (Å²) < 4.78 is 0. The van der Waals surface area contributed by atoms with Gasteiger partial charge in [-0.25, -0.2) is 4.99 Å². The highest BCUT2D eigenvalue weighted by molar-refractivity contribution is 6.48. The predicted octanol–water partition coefficient (Wildman–Crippen LogP) is 6.29. The Kier molecular flexibility index (Phi) is 6.64. The molecular weight excluding hydrogens is 460 g/mol. The monoisotopic (exact) mass is 486 g/mol. The number of hydrogen-bond acceptors (Lipinski definition) is 3. The molecule has 0 spiro atoms. The fourth-order valence-corrected chi connectivity index (χ4v) is 4.01. The average Bonchev–Trinajstić information content (AvgIpc) is 3.59. The predicted molar refractivity (Wildman–Crippen MR) is 149 cm³/mol. The molecule has 3 aromatic carbocycles. The molecule has 182 valence electrons. The fraction of sp³-hybridized carbons (Fsp3) is 0.0645. The third-order valence-corrected chi connectivity index (χ3v) is 6.01. The number of hydrogen-bond donors (Lipinski definition) is 3. The molecule has 2 amide bonds. The van der Waals surface area contributed by atoms with Crippen molar-refractivity contribution in [3.05, 3.63) is 137 Å². The Morgan fingerprint density at radius 1 is 0.649 bits per heavy atom. The van der Waals surface area contributed by atoms with Gasteiger partial charge in [0.05, 0.1) is 5.70 Å². The third-order valence-electron chi connectivity index (χ3n) is 6.01. The average molecular weight is 487 g/mol. The standard InChI is InChI=1S/C31H26N4O2/c1-20-8-12-23(13-9-20)32-30(36)27-18-16-25(34-27)29(22-6-4-3-5-7-22)26-17-19-28(35-26)31(37)33-24-14-10-21(2)11-15-24/h3-19,34H,1-2H3,(H,32,36)(H,33,37)/b29-26-. The topological polar surface area (TPSA) is 86.3 Å². The molecule has 5 rings (SSSR count). The van der Waals surface area contributed by atoms with Crippen LogP contribution in [0.15, 0.2) is 114 Å². The molecule has 6 nitrogen and oxygen atoms in total. The van der Waals surface area contributed by atoms with Crippen LogP contribution in [0.2, 0.25) is 0 Å². The minimum atomic E-state index is -0.285. The summed E-state index contributed by atoms with van der Waals surface area (Å²) in [6.45, 7) is 3.99. The van der Waals surface area contributed by atoms with E-state index in [1.54, 1.807) is 12.1 Å². The van der Waals surface area contributed by atoms with E-state index in [1.807, 2.05) is 105 Å². The number of anilines is 2. The molecule has 0 unspecified atom stereocenters. The van der Waals surface area contributed by atoms with Crippen LogP contribution in [0.4, 0.5) is 11.4 Å². The van der Waals surface area contributed by atoms with E-state index in [4.69, 9.17) is 0 Å². The zero-order chi connectivity index (χ0) is 25.8. The highest BCUT2D eigenvalue weighted by Gasteiger charge is 2.20. The molecule has 4 aromatic rings. The molecule has 0 aliphatic carbocycles. The van der Waals surface area contributed by atoms with E-state index in [2.05, 4.69) is 20.6 Å². The van der Waals surface area contributed by atoms with Gasteiger partial charge in [0.25, 0.3) is 11.8 Å². The van der Waals surface area contributed by atoms with Gasteiger partial charge < -0.3 is 15.6 Å². The molecule has 1 aromatic heterocycles. The van der Waals surface area contributed by atoms with E-state index < -0.39 is 0 Å². The van der Waals surface area contributed by atoms with Gasteiger partial charge in [-0.05, 0) is 68.0 Å². The first-order chi connectivity index (χ1) is 18.0. The number of rotatable bonds is 6. The van der Waals surface area contributed by atoms with Crippen LogP contribution >= 0.6 is 0 Å². The fourth-order valence-electron chi connectivity index (χ4n) is 4.01. The first-order valence-electron chi connectivity index (χ1n) is 12.0. The second-order valence-electron chi connectivity index (χ2n) is 8.88.